The molecule has 1 aliphatic heterocycles. The molecule has 1 aromatic heterocycles. The van der Waals surface area contributed by atoms with Crippen LogP contribution in [0.4, 0.5) is 9.18 Å². The van der Waals surface area contributed by atoms with Crippen molar-refractivity contribution in [2.45, 2.75) is 12.5 Å². The molecule has 5 nitrogen and oxygen atoms in total. The largest absolute Gasteiger partial charge is 0.497 e. The molecule has 0 fully saturated rings. The van der Waals surface area contributed by atoms with Crippen molar-refractivity contribution >= 4 is 28.6 Å². The molecule has 0 saturated heterocycles. The van der Waals surface area contributed by atoms with Gasteiger partial charge in [0.05, 0.1) is 7.11 Å². The van der Waals surface area contributed by atoms with Crippen molar-refractivity contribution < 1.29 is 18.7 Å². The zero-order valence-electron chi connectivity index (χ0n) is 17.3. The Labute approximate surface area is 189 Å². The SMILES string of the molecule is COc1ccc(C2c3[nH]c4ccc(Cl)cc4c3CCN2C(=O)Oc2ccc(F)cc2)cc1. The van der Waals surface area contributed by atoms with Crippen LogP contribution in [0.25, 0.3) is 10.9 Å². The molecular formula is C25H20ClFN2O3. The number of hydrogen-bond acceptors (Lipinski definition) is 3. The molecule has 7 heteroatoms. The molecule has 0 spiro atoms. The summed E-state index contributed by atoms with van der Waals surface area (Å²) in [5.74, 6) is 0.632. The van der Waals surface area contributed by atoms with Gasteiger partial charge in [0.25, 0.3) is 0 Å². The summed E-state index contributed by atoms with van der Waals surface area (Å²) < 4.78 is 24.1. The van der Waals surface area contributed by atoms with E-state index in [1.807, 2.05) is 42.5 Å². The molecule has 4 aromatic rings. The molecule has 1 amide bonds. The second kappa shape index (κ2) is 8.20. The van der Waals surface area contributed by atoms with E-state index >= 15 is 0 Å². The fraction of sp³-hybridized carbons (Fsp3) is 0.160. The summed E-state index contributed by atoms with van der Waals surface area (Å²) in [7, 11) is 1.61. The Morgan fingerprint density at radius 1 is 1.06 bits per heavy atom. The van der Waals surface area contributed by atoms with Crippen molar-refractivity contribution in [3.63, 3.8) is 0 Å². The summed E-state index contributed by atoms with van der Waals surface area (Å²) in [6.07, 6.45) is 0.153. The van der Waals surface area contributed by atoms with E-state index in [9.17, 15) is 9.18 Å². The predicted octanol–water partition coefficient (Wildman–Crippen LogP) is 6.12. The number of nitrogens with zero attached hydrogens (tertiary/aromatic N) is 1. The highest BCUT2D eigenvalue weighted by Gasteiger charge is 2.35. The topological polar surface area (TPSA) is 54.6 Å². The second-order valence-corrected chi connectivity index (χ2v) is 8.08. The first-order valence-corrected chi connectivity index (χ1v) is 10.6. The van der Waals surface area contributed by atoms with E-state index in [4.69, 9.17) is 21.1 Å². The Balaban J connectivity index is 1.57. The number of nitrogens with one attached hydrogen (secondary N) is 1. The van der Waals surface area contributed by atoms with Crippen LogP contribution in [0.1, 0.15) is 22.9 Å². The van der Waals surface area contributed by atoms with Gasteiger partial charge >= 0.3 is 6.09 Å². The molecule has 32 heavy (non-hydrogen) atoms. The molecule has 1 atom stereocenters. The Morgan fingerprint density at radius 2 is 1.78 bits per heavy atom. The van der Waals surface area contributed by atoms with E-state index in [0.717, 1.165) is 33.5 Å². The third kappa shape index (κ3) is 3.67. The van der Waals surface area contributed by atoms with Crippen LogP contribution < -0.4 is 9.47 Å². The zero-order chi connectivity index (χ0) is 22.2. The Hall–Kier alpha value is -3.51. The number of hydrogen-bond donors (Lipinski definition) is 1. The number of H-pyrrole nitrogens is 1. The molecule has 1 aliphatic rings. The van der Waals surface area contributed by atoms with Gasteiger partial charge in [0, 0.05) is 28.2 Å². The lowest BCUT2D eigenvalue weighted by molar-refractivity contribution is 0.135. The number of rotatable bonds is 3. The lowest BCUT2D eigenvalue weighted by Crippen LogP contribution is -2.42. The molecule has 1 unspecified atom stereocenters. The minimum atomic E-state index is -0.500. The average Bonchev–Trinajstić information content (AvgIpc) is 3.18. The van der Waals surface area contributed by atoms with Crippen LogP contribution in [0.15, 0.2) is 66.7 Å². The number of aromatic amines is 1. The van der Waals surface area contributed by atoms with Crippen LogP contribution in [0, 0.1) is 5.82 Å². The van der Waals surface area contributed by atoms with Crippen LogP contribution >= 0.6 is 11.6 Å². The fourth-order valence-corrected chi connectivity index (χ4v) is 4.42. The highest BCUT2D eigenvalue weighted by atomic mass is 35.5. The maximum absolute atomic E-state index is 13.2. The molecule has 1 N–H and O–H groups in total. The van der Waals surface area contributed by atoms with Crippen LogP contribution in [0.5, 0.6) is 11.5 Å². The molecule has 0 bridgehead atoms. The maximum atomic E-state index is 13.2. The van der Waals surface area contributed by atoms with Crippen molar-refractivity contribution in [1.82, 2.24) is 9.88 Å². The fourth-order valence-electron chi connectivity index (χ4n) is 4.25. The van der Waals surface area contributed by atoms with Gasteiger partial charge in [-0.15, -0.1) is 0 Å². The van der Waals surface area contributed by atoms with Gasteiger partial charge in [-0.05, 0) is 72.1 Å². The summed E-state index contributed by atoms with van der Waals surface area (Å²) in [6.45, 7) is 0.461. The Morgan fingerprint density at radius 3 is 2.50 bits per heavy atom. The first-order chi connectivity index (χ1) is 15.5. The van der Waals surface area contributed by atoms with Gasteiger partial charge in [-0.1, -0.05) is 23.7 Å². The van der Waals surface area contributed by atoms with Crippen LogP contribution in [0.3, 0.4) is 0 Å². The summed E-state index contributed by atoms with van der Waals surface area (Å²) in [5, 5.41) is 1.72. The lowest BCUT2D eigenvalue weighted by atomic mass is 9.92. The molecule has 5 rings (SSSR count). The quantitative estimate of drug-likeness (QED) is 0.409. The van der Waals surface area contributed by atoms with E-state index < -0.39 is 6.09 Å². The first kappa shape index (κ1) is 20.4. The normalized spacial score (nSPS) is 15.5. The van der Waals surface area contributed by atoms with Crippen LogP contribution in [0.2, 0.25) is 5.02 Å². The van der Waals surface area contributed by atoms with Gasteiger partial charge < -0.3 is 14.5 Å². The minimum Gasteiger partial charge on any atom is -0.497 e. The summed E-state index contributed by atoms with van der Waals surface area (Å²) in [5.41, 5.74) is 3.94. The van der Waals surface area contributed by atoms with Crippen molar-refractivity contribution in [3.05, 3.63) is 94.4 Å². The second-order valence-electron chi connectivity index (χ2n) is 7.65. The van der Waals surface area contributed by atoms with Gasteiger partial charge in [-0.2, -0.15) is 0 Å². The standard InChI is InChI=1S/C25H20ClFN2O3/c1-31-18-7-2-15(3-8-18)24-23-20(21-14-16(26)4-11-22(21)28-23)12-13-29(24)25(30)32-19-9-5-17(27)6-10-19/h2-11,14,24,28H,12-13H2,1H3. The van der Waals surface area contributed by atoms with Crippen LogP contribution in [-0.2, 0) is 6.42 Å². The first-order valence-electron chi connectivity index (χ1n) is 10.2. The highest BCUT2D eigenvalue weighted by Crippen LogP contribution is 2.39. The van der Waals surface area contributed by atoms with Crippen LogP contribution in [-0.4, -0.2) is 29.6 Å². The number of ether oxygens (including phenoxy) is 2. The van der Waals surface area contributed by atoms with Crippen molar-refractivity contribution in [3.8, 4) is 11.5 Å². The summed E-state index contributed by atoms with van der Waals surface area (Å²) >= 11 is 6.25. The van der Waals surface area contributed by atoms with Gasteiger partial charge in [-0.3, -0.25) is 4.90 Å². The smallest absolute Gasteiger partial charge is 0.416 e. The average molecular weight is 451 g/mol. The van der Waals surface area contributed by atoms with E-state index in [-0.39, 0.29) is 11.9 Å². The van der Waals surface area contributed by atoms with Crippen molar-refractivity contribution in [1.29, 1.82) is 0 Å². The third-order valence-electron chi connectivity index (χ3n) is 5.77. The zero-order valence-corrected chi connectivity index (χ0v) is 18.0. The third-order valence-corrected chi connectivity index (χ3v) is 6.01. The Bertz CT molecular complexity index is 1290. The number of fused-ring (bicyclic) bond motifs is 3. The molecule has 0 aliphatic carbocycles. The summed E-state index contributed by atoms with van der Waals surface area (Å²) in [4.78, 5) is 18.4. The van der Waals surface area contributed by atoms with Crippen molar-refractivity contribution in [2.75, 3.05) is 13.7 Å². The maximum Gasteiger partial charge on any atom is 0.416 e. The summed E-state index contributed by atoms with van der Waals surface area (Å²) in [6, 6.07) is 18.4. The number of carbonyl (C=O) groups is 1. The number of aromatic nitrogens is 1. The molecule has 2 heterocycles. The minimum absolute atomic E-state index is 0.291. The molecule has 3 aromatic carbocycles. The van der Waals surface area contributed by atoms with Gasteiger partial charge in [0.2, 0.25) is 0 Å². The number of halogens is 2. The van der Waals surface area contributed by atoms with E-state index in [1.165, 1.54) is 24.3 Å². The Kier molecular flexibility index (Phi) is 5.23. The lowest BCUT2D eigenvalue weighted by Gasteiger charge is -2.35. The molecule has 162 valence electrons. The predicted molar refractivity (Wildman–Crippen MR) is 121 cm³/mol. The number of methoxy groups -OCH3 is 1. The highest BCUT2D eigenvalue weighted by molar-refractivity contribution is 6.31. The number of benzene rings is 3. The van der Waals surface area contributed by atoms with Gasteiger partial charge in [0.15, 0.2) is 0 Å². The molecule has 0 radical (unpaired) electrons. The van der Waals surface area contributed by atoms with E-state index in [1.54, 1.807) is 12.0 Å². The van der Waals surface area contributed by atoms with Crippen molar-refractivity contribution in [2.24, 2.45) is 0 Å². The molecular weight excluding hydrogens is 431 g/mol. The monoisotopic (exact) mass is 450 g/mol. The van der Waals surface area contributed by atoms with E-state index in [0.29, 0.717) is 23.7 Å². The number of carbonyl (C=O) groups excluding carboxylic acids is 1. The van der Waals surface area contributed by atoms with Gasteiger partial charge in [0.1, 0.15) is 23.4 Å². The van der Waals surface area contributed by atoms with Gasteiger partial charge in [-0.25, -0.2) is 9.18 Å². The molecule has 0 saturated carbocycles. The number of amides is 1. The van der Waals surface area contributed by atoms with E-state index in [2.05, 4.69) is 4.98 Å².